The highest BCUT2D eigenvalue weighted by atomic mass is 32.2. The van der Waals surface area contributed by atoms with Crippen molar-refractivity contribution in [1.82, 2.24) is 19.7 Å². The number of thioether (sulfide) groups is 1. The first-order valence-corrected chi connectivity index (χ1v) is 11.2. The van der Waals surface area contributed by atoms with Gasteiger partial charge in [-0.3, -0.25) is 4.98 Å². The van der Waals surface area contributed by atoms with Gasteiger partial charge in [0.1, 0.15) is 0 Å². The average molecular weight is 440 g/mol. The van der Waals surface area contributed by atoms with Crippen LogP contribution >= 0.6 is 11.8 Å². The van der Waals surface area contributed by atoms with Crippen LogP contribution < -0.4 is 0 Å². The van der Waals surface area contributed by atoms with E-state index in [9.17, 15) is 13.2 Å². The number of halogens is 3. The molecule has 0 saturated heterocycles. The number of para-hydroxylation sites is 1. The van der Waals surface area contributed by atoms with Gasteiger partial charge in [-0.2, -0.15) is 0 Å². The smallest absolute Gasteiger partial charge is 0.194 e. The minimum Gasteiger partial charge on any atom is -0.302 e. The van der Waals surface area contributed by atoms with Gasteiger partial charge in [0, 0.05) is 28.9 Å². The Balaban J connectivity index is 1.55. The number of hydrogen-bond acceptors (Lipinski definition) is 4. The van der Waals surface area contributed by atoms with Gasteiger partial charge in [0.15, 0.2) is 28.4 Å². The zero-order valence-electron chi connectivity index (χ0n) is 16.8. The Morgan fingerprint density at radius 1 is 1.03 bits per heavy atom. The van der Waals surface area contributed by atoms with Crippen LogP contribution in [-0.4, -0.2) is 19.7 Å². The number of hydrogen-bond donors (Lipinski definition) is 0. The maximum Gasteiger partial charge on any atom is 0.194 e. The lowest BCUT2D eigenvalue weighted by molar-refractivity contribution is 0.446. The summed E-state index contributed by atoms with van der Waals surface area (Å²) in [7, 11) is 0. The molecule has 2 heterocycles. The zero-order chi connectivity index (χ0) is 21.5. The first-order valence-electron chi connectivity index (χ1n) is 10.2. The third-order valence-electron chi connectivity index (χ3n) is 5.59. The molecule has 0 N–H and O–H groups in total. The normalized spacial score (nSPS) is 13.2. The SMILES string of the molecule is CCn1c(SCc2cc(F)c(F)c(F)c2)nnc1-c1c2c(nc3ccccc13)CCC2. The van der Waals surface area contributed by atoms with Crippen LogP contribution in [-0.2, 0) is 25.1 Å². The molecule has 4 aromatic rings. The minimum absolute atomic E-state index is 0.251. The fourth-order valence-electron chi connectivity index (χ4n) is 4.17. The van der Waals surface area contributed by atoms with Crippen LogP contribution in [0.3, 0.4) is 0 Å². The van der Waals surface area contributed by atoms with Crippen LogP contribution in [0.1, 0.15) is 30.2 Å². The summed E-state index contributed by atoms with van der Waals surface area (Å²) < 4.78 is 42.3. The predicted octanol–water partition coefficient (Wildman–Crippen LogP) is 5.71. The van der Waals surface area contributed by atoms with Gasteiger partial charge in [-0.25, -0.2) is 13.2 Å². The van der Waals surface area contributed by atoms with E-state index in [2.05, 4.69) is 16.3 Å². The molecule has 1 aliphatic rings. The minimum atomic E-state index is -1.45. The van der Waals surface area contributed by atoms with Crippen molar-refractivity contribution in [2.24, 2.45) is 0 Å². The van der Waals surface area contributed by atoms with Crippen molar-refractivity contribution in [2.45, 2.75) is 43.6 Å². The summed E-state index contributed by atoms with van der Waals surface area (Å²) >= 11 is 1.32. The van der Waals surface area contributed by atoms with Crippen molar-refractivity contribution in [2.75, 3.05) is 0 Å². The molecule has 0 unspecified atom stereocenters. The number of rotatable bonds is 5. The van der Waals surface area contributed by atoms with Crippen molar-refractivity contribution in [3.8, 4) is 11.4 Å². The first-order chi connectivity index (χ1) is 15.1. The van der Waals surface area contributed by atoms with Crippen LogP contribution in [0.15, 0.2) is 41.6 Å². The van der Waals surface area contributed by atoms with Crippen molar-refractivity contribution in [3.63, 3.8) is 0 Å². The summed E-state index contributed by atoms with van der Waals surface area (Å²) in [6.45, 7) is 2.65. The Hall–Kier alpha value is -2.87. The maximum atomic E-state index is 13.5. The number of nitrogens with zero attached hydrogens (tertiary/aromatic N) is 4. The number of aryl methyl sites for hydroxylation is 1. The van der Waals surface area contributed by atoms with Gasteiger partial charge in [-0.05, 0) is 55.5 Å². The van der Waals surface area contributed by atoms with Crippen LogP contribution in [0.2, 0.25) is 0 Å². The highest BCUT2D eigenvalue weighted by Crippen LogP contribution is 2.37. The molecule has 4 nitrogen and oxygen atoms in total. The van der Waals surface area contributed by atoms with E-state index < -0.39 is 17.5 Å². The highest BCUT2D eigenvalue weighted by molar-refractivity contribution is 7.98. The van der Waals surface area contributed by atoms with Gasteiger partial charge in [0.05, 0.1) is 5.52 Å². The Bertz CT molecular complexity index is 1280. The van der Waals surface area contributed by atoms with Gasteiger partial charge in [-0.15, -0.1) is 10.2 Å². The predicted molar refractivity (Wildman–Crippen MR) is 114 cm³/mol. The summed E-state index contributed by atoms with van der Waals surface area (Å²) in [4.78, 5) is 4.84. The molecular weight excluding hydrogens is 421 g/mol. The lowest BCUT2D eigenvalue weighted by atomic mass is 10.0. The number of aromatic nitrogens is 4. The first kappa shape index (κ1) is 20.1. The molecule has 0 atom stereocenters. The zero-order valence-corrected chi connectivity index (χ0v) is 17.6. The van der Waals surface area contributed by atoms with Gasteiger partial charge in [-0.1, -0.05) is 30.0 Å². The maximum absolute atomic E-state index is 13.5. The molecule has 2 aromatic heterocycles. The largest absolute Gasteiger partial charge is 0.302 e. The second-order valence-electron chi connectivity index (χ2n) is 7.50. The fourth-order valence-corrected chi connectivity index (χ4v) is 5.10. The summed E-state index contributed by atoms with van der Waals surface area (Å²) in [6, 6.07) is 10.1. The number of pyridine rings is 1. The Morgan fingerprint density at radius 3 is 2.58 bits per heavy atom. The van der Waals surface area contributed by atoms with E-state index in [-0.39, 0.29) is 5.75 Å². The molecule has 0 aliphatic heterocycles. The third-order valence-corrected chi connectivity index (χ3v) is 6.63. The van der Waals surface area contributed by atoms with Crippen LogP contribution in [0, 0.1) is 17.5 Å². The topological polar surface area (TPSA) is 43.6 Å². The molecule has 0 bridgehead atoms. The van der Waals surface area contributed by atoms with Crippen molar-refractivity contribution < 1.29 is 13.2 Å². The molecule has 0 saturated carbocycles. The lowest BCUT2D eigenvalue weighted by Gasteiger charge is -2.13. The summed E-state index contributed by atoms with van der Waals surface area (Å²) in [6.07, 6.45) is 2.97. The van der Waals surface area contributed by atoms with Gasteiger partial charge in [0.25, 0.3) is 0 Å². The molecule has 8 heteroatoms. The van der Waals surface area contributed by atoms with E-state index in [4.69, 9.17) is 4.98 Å². The van der Waals surface area contributed by atoms with Crippen molar-refractivity contribution in [3.05, 3.63) is 70.7 Å². The van der Waals surface area contributed by atoms with E-state index >= 15 is 0 Å². The molecule has 158 valence electrons. The average Bonchev–Trinajstić information content (AvgIpc) is 3.40. The van der Waals surface area contributed by atoms with E-state index in [0.717, 1.165) is 59.4 Å². The summed E-state index contributed by atoms with van der Waals surface area (Å²) in [5, 5.41) is 10.6. The molecule has 0 fully saturated rings. The van der Waals surface area contributed by atoms with E-state index in [1.165, 1.54) is 17.3 Å². The van der Waals surface area contributed by atoms with Crippen LogP contribution in [0.5, 0.6) is 0 Å². The van der Waals surface area contributed by atoms with Crippen LogP contribution in [0.4, 0.5) is 13.2 Å². The summed E-state index contributed by atoms with van der Waals surface area (Å²) in [5.41, 5.74) is 4.70. The second kappa shape index (κ2) is 8.00. The molecule has 1 aliphatic carbocycles. The second-order valence-corrected chi connectivity index (χ2v) is 8.44. The molecular formula is C23H19F3N4S. The van der Waals surface area contributed by atoms with Crippen LogP contribution in [0.25, 0.3) is 22.3 Å². The van der Waals surface area contributed by atoms with E-state index in [1.807, 2.05) is 29.7 Å². The Morgan fingerprint density at radius 2 is 1.81 bits per heavy atom. The number of benzene rings is 2. The van der Waals surface area contributed by atoms with Crippen molar-refractivity contribution >= 4 is 22.7 Å². The molecule has 0 spiro atoms. The number of fused-ring (bicyclic) bond motifs is 2. The lowest BCUT2D eigenvalue weighted by Crippen LogP contribution is -2.04. The van der Waals surface area contributed by atoms with E-state index in [1.54, 1.807) is 0 Å². The molecule has 2 aromatic carbocycles. The Labute approximate surface area is 181 Å². The summed E-state index contributed by atoms with van der Waals surface area (Å²) in [5.74, 6) is -2.80. The quantitative estimate of drug-likeness (QED) is 0.294. The van der Waals surface area contributed by atoms with Crippen molar-refractivity contribution in [1.29, 1.82) is 0 Å². The third kappa shape index (κ3) is 3.48. The fraction of sp³-hybridized carbons (Fsp3) is 0.261. The molecule has 0 amide bonds. The monoisotopic (exact) mass is 440 g/mol. The van der Waals surface area contributed by atoms with Gasteiger partial charge in [0.2, 0.25) is 0 Å². The van der Waals surface area contributed by atoms with Gasteiger partial charge < -0.3 is 4.57 Å². The standard InChI is InChI=1S/C23H19F3N4S/c1-2-30-22(20-14-6-3-4-8-18(14)27-19-9-5-7-15(19)20)28-29-23(30)31-12-13-10-16(24)21(26)17(25)11-13/h3-4,6,8,10-11H,2,5,7,9,12H2,1H3. The Kier molecular flexibility index (Phi) is 5.17. The molecule has 0 radical (unpaired) electrons. The highest BCUT2D eigenvalue weighted by Gasteiger charge is 2.25. The molecule has 31 heavy (non-hydrogen) atoms. The van der Waals surface area contributed by atoms with E-state index in [0.29, 0.717) is 17.3 Å². The molecule has 5 rings (SSSR count). The van der Waals surface area contributed by atoms with Gasteiger partial charge >= 0.3 is 0 Å².